The van der Waals surface area contributed by atoms with Crippen molar-refractivity contribution in [3.05, 3.63) is 29.3 Å². The molecule has 6 nitrogen and oxygen atoms in total. The fourth-order valence-electron chi connectivity index (χ4n) is 3.64. The first-order chi connectivity index (χ1) is 11.5. The molecular weight excluding hydrogens is 309 g/mol. The zero-order valence-corrected chi connectivity index (χ0v) is 13.5. The van der Waals surface area contributed by atoms with Gasteiger partial charge in [0.15, 0.2) is 0 Å². The number of carbonyl (C=O) groups is 2. The molecule has 2 aliphatic rings. The highest BCUT2D eigenvalue weighted by molar-refractivity contribution is 6.47. The Morgan fingerprint density at radius 2 is 2.00 bits per heavy atom. The van der Waals surface area contributed by atoms with E-state index in [4.69, 9.17) is 4.65 Å². The molecule has 3 rings (SSSR count). The van der Waals surface area contributed by atoms with Crippen LogP contribution in [0.2, 0.25) is 0 Å². The molecule has 0 radical (unpaired) electrons. The number of carboxylic acids is 1. The number of hydrogen-bond donors (Lipinski definition) is 3. The van der Waals surface area contributed by atoms with Gasteiger partial charge in [0.25, 0.3) is 0 Å². The van der Waals surface area contributed by atoms with E-state index >= 15 is 0 Å². The molecule has 3 N–H and O–H groups in total. The molecule has 0 saturated heterocycles. The van der Waals surface area contributed by atoms with Gasteiger partial charge in [-0.1, -0.05) is 31.4 Å². The van der Waals surface area contributed by atoms with E-state index in [1.165, 1.54) is 25.3 Å². The molecular formula is C17H22BNO5. The van der Waals surface area contributed by atoms with E-state index in [9.17, 15) is 19.7 Å². The van der Waals surface area contributed by atoms with Gasteiger partial charge in [0, 0.05) is 6.42 Å². The standard InChI is InChI=1S/C17H22BNO5/c20-15(9-11-5-2-1-3-6-11)19-14-10-12-7-4-8-13(17(21)22)16(12)24-18(14)23/h4,7-8,11,14,23H,1-3,5-6,9-10H2,(H,19,20)(H,21,22)/t14-/m0/s1. The Kier molecular flexibility index (Phi) is 5.09. The normalized spacial score (nSPS) is 20.9. The fraction of sp³-hybridized carbons (Fsp3) is 0.529. The molecule has 1 amide bonds. The van der Waals surface area contributed by atoms with Crippen molar-refractivity contribution < 1.29 is 24.4 Å². The number of aromatic carboxylic acids is 1. The average molecular weight is 331 g/mol. The first-order valence-corrected chi connectivity index (χ1v) is 8.54. The number of rotatable bonds is 4. The molecule has 1 atom stereocenters. The van der Waals surface area contributed by atoms with Crippen LogP contribution >= 0.6 is 0 Å². The Balaban J connectivity index is 1.64. The number of carboxylic acid groups (broad SMARTS) is 1. The molecule has 1 fully saturated rings. The van der Waals surface area contributed by atoms with Crippen molar-refractivity contribution in [1.29, 1.82) is 0 Å². The van der Waals surface area contributed by atoms with Gasteiger partial charge >= 0.3 is 13.1 Å². The van der Waals surface area contributed by atoms with Crippen LogP contribution in [0.5, 0.6) is 5.75 Å². The van der Waals surface area contributed by atoms with Gasteiger partial charge in [0.05, 0.1) is 11.5 Å². The van der Waals surface area contributed by atoms with Crippen LogP contribution in [0.15, 0.2) is 18.2 Å². The topological polar surface area (TPSA) is 95.9 Å². The van der Waals surface area contributed by atoms with Crippen molar-refractivity contribution in [2.24, 2.45) is 5.92 Å². The second-order valence-electron chi connectivity index (χ2n) is 6.69. The highest BCUT2D eigenvalue weighted by atomic mass is 16.5. The predicted octanol–water partition coefficient (Wildman–Crippen LogP) is 1.79. The van der Waals surface area contributed by atoms with Crippen LogP contribution in [-0.4, -0.2) is 35.1 Å². The van der Waals surface area contributed by atoms with Crippen LogP contribution in [0.1, 0.15) is 54.4 Å². The third-order valence-electron chi connectivity index (χ3n) is 4.89. The summed E-state index contributed by atoms with van der Waals surface area (Å²) in [5, 5.41) is 22.2. The molecule has 128 valence electrons. The molecule has 0 aromatic heterocycles. The molecule has 1 aromatic carbocycles. The number of fused-ring (bicyclic) bond motifs is 1. The van der Waals surface area contributed by atoms with Gasteiger partial charge in [-0.2, -0.15) is 0 Å². The third-order valence-corrected chi connectivity index (χ3v) is 4.89. The van der Waals surface area contributed by atoms with Crippen molar-refractivity contribution in [3.8, 4) is 5.75 Å². The Morgan fingerprint density at radius 3 is 2.71 bits per heavy atom. The lowest BCUT2D eigenvalue weighted by Gasteiger charge is -2.29. The monoisotopic (exact) mass is 331 g/mol. The van der Waals surface area contributed by atoms with Crippen molar-refractivity contribution in [2.75, 3.05) is 0 Å². The van der Waals surface area contributed by atoms with E-state index in [0.29, 0.717) is 24.3 Å². The number of amides is 1. The summed E-state index contributed by atoms with van der Waals surface area (Å²) in [6.45, 7) is 0. The van der Waals surface area contributed by atoms with Gasteiger partial charge in [-0.05, 0) is 36.8 Å². The predicted molar refractivity (Wildman–Crippen MR) is 88.8 cm³/mol. The van der Waals surface area contributed by atoms with Crippen molar-refractivity contribution in [1.82, 2.24) is 5.32 Å². The summed E-state index contributed by atoms with van der Waals surface area (Å²) in [5.74, 6) is -1.12. The number of hydrogen-bond acceptors (Lipinski definition) is 4. The van der Waals surface area contributed by atoms with Crippen molar-refractivity contribution >= 4 is 19.0 Å². The highest BCUT2D eigenvalue weighted by Gasteiger charge is 2.37. The number of carbonyl (C=O) groups excluding carboxylic acids is 1. The van der Waals surface area contributed by atoms with Gasteiger partial charge in [-0.3, -0.25) is 4.79 Å². The van der Waals surface area contributed by atoms with E-state index in [2.05, 4.69) is 5.32 Å². The Morgan fingerprint density at radius 1 is 1.25 bits per heavy atom. The average Bonchev–Trinajstić information content (AvgIpc) is 2.55. The van der Waals surface area contributed by atoms with E-state index in [1.807, 2.05) is 0 Å². The zero-order chi connectivity index (χ0) is 17.1. The summed E-state index contributed by atoms with van der Waals surface area (Å²) in [6, 6.07) is 4.84. The Hall–Kier alpha value is -2.02. The molecule has 0 spiro atoms. The maximum absolute atomic E-state index is 12.2. The molecule has 1 aromatic rings. The number of benzene rings is 1. The van der Waals surface area contributed by atoms with Crippen LogP contribution in [0.25, 0.3) is 0 Å². The van der Waals surface area contributed by atoms with Crippen LogP contribution in [-0.2, 0) is 11.2 Å². The second kappa shape index (κ2) is 7.26. The Bertz CT molecular complexity index is 629. The molecule has 1 aliphatic heterocycles. The summed E-state index contributed by atoms with van der Waals surface area (Å²) in [6.07, 6.45) is 6.61. The molecule has 1 heterocycles. The lowest BCUT2D eigenvalue weighted by atomic mass is 9.72. The summed E-state index contributed by atoms with van der Waals surface area (Å²) in [5.41, 5.74) is 0.710. The van der Waals surface area contributed by atoms with Gasteiger partial charge in [0.1, 0.15) is 5.75 Å². The van der Waals surface area contributed by atoms with Gasteiger partial charge in [0.2, 0.25) is 5.91 Å². The second-order valence-corrected chi connectivity index (χ2v) is 6.69. The highest BCUT2D eigenvalue weighted by Crippen LogP contribution is 2.30. The van der Waals surface area contributed by atoms with E-state index in [-0.39, 0.29) is 17.2 Å². The van der Waals surface area contributed by atoms with Crippen LogP contribution < -0.4 is 9.97 Å². The SMILES string of the molecule is O=C(CC1CCCCC1)N[C@H]1Cc2cccc(C(=O)O)c2OB1O. The smallest absolute Gasteiger partial charge is 0.534 e. The number of para-hydroxylation sites is 1. The number of nitrogens with one attached hydrogen (secondary N) is 1. The van der Waals surface area contributed by atoms with Crippen molar-refractivity contribution in [2.45, 2.75) is 50.9 Å². The summed E-state index contributed by atoms with van der Waals surface area (Å²) >= 11 is 0. The first kappa shape index (κ1) is 16.8. The van der Waals surface area contributed by atoms with Gasteiger partial charge < -0.3 is 20.1 Å². The maximum Gasteiger partial charge on any atom is 0.547 e. The zero-order valence-electron chi connectivity index (χ0n) is 13.5. The third kappa shape index (κ3) is 3.72. The minimum Gasteiger partial charge on any atom is -0.534 e. The largest absolute Gasteiger partial charge is 0.547 e. The lowest BCUT2D eigenvalue weighted by molar-refractivity contribution is -0.122. The maximum atomic E-state index is 12.2. The molecule has 1 saturated carbocycles. The van der Waals surface area contributed by atoms with Crippen LogP contribution in [0.3, 0.4) is 0 Å². The van der Waals surface area contributed by atoms with Crippen LogP contribution in [0.4, 0.5) is 0 Å². The van der Waals surface area contributed by atoms with Crippen molar-refractivity contribution in [3.63, 3.8) is 0 Å². The fourth-order valence-corrected chi connectivity index (χ4v) is 3.64. The lowest BCUT2D eigenvalue weighted by Crippen LogP contribution is -2.53. The summed E-state index contributed by atoms with van der Waals surface area (Å²) in [4.78, 5) is 23.5. The minimum absolute atomic E-state index is 0.0264. The molecule has 24 heavy (non-hydrogen) atoms. The van der Waals surface area contributed by atoms with E-state index in [1.54, 1.807) is 12.1 Å². The molecule has 0 unspecified atom stereocenters. The summed E-state index contributed by atoms with van der Waals surface area (Å²) < 4.78 is 5.39. The van der Waals surface area contributed by atoms with Gasteiger partial charge in [-0.25, -0.2) is 4.79 Å². The van der Waals surface area contributed by atoms with Gasteiger partial charge in [-0.15, -0.1) is 0 Å². The Labute approximate surface area is 141 Å². The molecule has 0 bridgehead atoms. The minimum atomic E-state index is -1.24. The molecule has 1 aliphatic carbocycles. The van der Waals surface area contributed by atoms with E-state index in [0.717, 1.165) is 12.8 Å². The van der Waals surface area contributed by atoms with Crippen LogP contribution in [0, 0.1) is 5.92 Å². The quantitative estimate of drug-likeness (QED) is 0.731. The molecule has 7 heteroatoms. The summed E-state index contributed by atoms with van der Waals surface area (Å²) in [7, 11) is -1.24. The first-order valence-electron chi connectivity index (χ1n) is 8.54. The van der Waals surface area contributed by atoms with E-state index < -0.39 is 19.0 Å².